The van der Waals surface area contributed by atoms with Crippen molar-refractivity contribution >= 4 is 15.7 Å². The first kappa shape index (κ1) is 16.7. The van der Waals surface area contributed by atoms with E-state index in [-0.39, 0.29) is 5.75 Å². The van der Waals surface area contributed by atoms with Crippen molar-refractivity contribution in [1.29, 1.82) is 0 Å². The third-order valence-corrected chi connectivity index (χ3v) is 6.60. The van der Waals surface area contributed by atoms with Gasteiger partial charge in [-0.25, -0.2) is 18.4 Å². The van der Waals surface area contributed by atoms with E-state index >= 15 is 0 Å². The molecule has 23 heavy (non-hydrogen) atoms. The molecule has 0 amide bonds. The van der Waals surface area contributed by atoms with E-state index in [9.17, 15) is 8.42 Å². The van der Waals surface area contributed by atoms with Crippen LogP contribution in [0.4, 0.5) is 5.82 Å². The van der Waals surface area contributed by atoms with E-state index < -0.39 is 9.84 Å². The van der Waals surface area contributed by atoms with E-state index in [2.05, 4.69) is 17.2 Å². The molecule has 0 spiro atoms. The maximum absolute atomic E-state index is 12.4. The lowest BCUT2D eigenvalue weighted by Gasteiger charge is -2.22. The summed E-state index contributed by atoms with van der Waals surface area (Å²) in [5, 5.41) is 3.82. The van der Waals surface area contributed by atoms with Crippen LogP contribution in [0.2, 0.25) is 0 Å². The second-order valence-electron chi connectivity index (χ2n) is 6.78. The Morgan fingerprint density at radius 2 is 1.91 bits per heavy atom. The molecule has 6 heteroatoms. The summed E-state index contributed by atoms with van der Waals surface area (Å²) in [4.78, 5) is 9.13. The highest BCUT2D eigenvalue weighted by Crippen LogP contribution is 2.31. The number of fused-ring (bicyclic) bond motifs is 1. The third kappa shape index (κ3) is 3.84. The number of hydrogen-bond donors (Lipinski definition) is 1. The molecule has 0 saturated heterocycles. The fraction of sp³-hybridized carbons (Fsp3) is 0.765. The number of rotatable bonds is 6. The lowest BCUT2D eigenvalue weighted by molar-refractivity contribution is 0.576. The van der Waals surface area contributed by atoms with Crippen molar-refractivity contribution in [2.45, 2.75) is 82.2 Å². The quantitative estimate of drug-likeness (QED) is 0.637. The minimum Gasteiger partial charge on any atom is -0.367 e. The minimum atomic E-state index is -3.24. The number of aryl methyl sites for hydroxylation is 1. The highest BCUT2D eigenvalue weighted by Gasteiger charge is 2.30. The molecule has 1 aromatic heterocycles. The molecule has 1 aromatic rings. The van der Waals surface area contributed by atoms with Crippen molar-refractivity contribution in [3.05, 3.63) is 11.4 Å². The molecule has 1 fully saturated rings. The fourth-order valence-corrected chi connectivity index (χ4v) is 5.09. The second kappa shape index (κ2) is 7.16. The predicted octanol–water partition coefficient (Wildman–Crippen LogP) is 3.28. The van der Waals surface area contributed by atoms with E-state index in [0.717, 1.165) is 56.3 Å². The van der Waals surface area contributed by atoms with Gasteiger partial charge >= 0.3 is 0 Å². The summed E-state index contributed by atoms with van der Waals surface area (Å²) in [6.07, 6.45) is 10.3. The molecule has 5 nitrogen and oxygen atoms in total. The van der Waals surface area contributed by atoms with Crippen LogP contribution in [0.5, 0.6) is 0 Å². The number of anilines is 1. The largest absolute Gasteiger partial charge is 0.367 e. The molecule has 1 saturated carbocycles. The van der Waals surface area contributed by atoms with Crippen molar-refractivity contribution in [3.8, 4) is 0 Å². The van der Waals surface area contributed by atoms with Crippen LogP contribution in [0.1, 0.15) is 69.7 Å². The van der Waals surface area contributed by atoms with Gasteiger partial charge in [-0.1, -0.05) is 32.6 Å². The summed E-state index contributed by atoms with van der Waals surface area (Å²) in [6.45, 7) is 2.16. The molecule has 0 radical (unpaired) electrons. The van der Waals surface area contributed by atoms with Crippen molar-refractivity contribution in [2.75, 3.05) is 11.1 Å². The smallest absolute Gasteiger partial charge is 0.196 e. The van der Waals surface area contributed by atoms with Crippen LogP contribution < -0.4 is 5.32 Å². The molecule has 0 atom stereocenters. The van der Waals surface area contributed by atoms with Gasteiger partial charge in [0.05, 0.1) is 5.75 Å². The van der Waals surface area contributed by atoms with E-state index in [0.29, 0.717) is 23.3 Å². The second-order valence-corrected chi connectivity index (χ2v) is 8.80. The Bertz CT molecular complexity index is 652. The van der Waals surface area contributed by atoms with Crippen LogP contribution in [0.15, 0.2) is 5.03 Å². The topological polar surface area (TPSA) is 72.0 Å². The van der Waals surface area contributed by atoms with Gasteiger partial charge in [0.25, 0.3) is 0 Å². The van der Waals surface area contributed by atoms with Gasteiger partial charge in [0.2, 0.25) is 0 Å². The molecule has 1 aliphatic carbocycles. The van der Waals surface area contributed by atoms with Crippen molar-refractivity contribution in [1.82, 2.24) is 9.97 Å². The summed E-state index contributed by atoms with van der Waals surface area (Å²) in [5.41, 5.74) is 0.822. The molecule has 0 unspecified atom stereocenters. The maximum atomic E-state index is 12.4. The van der Waals surface area contributed by atoms with Gasteiger partial charge < -0.3 is 5.32 Å². The first-order valence-electron chi connectivity index (χ1n) is 8.99. The molecule has 0 aromatic carbocycles. The molecule has 2 aliphatic rings. The molecule has 1 N–H and O–H groups in total. The average Bonchev–Trinajstić information content (AvgIpc) is 3.01. The van der Waals surface area contributed by atoms with Crippen LogP contribution in [0.25, 0.3) is 0 Å². The Balaban J connectivity index is 1.93. The van der Waals surface area contributed by atoms with E-state index in [4.69, 9.17) is 4.98 Å². The van der Waals surface area contributed by atoms with Gasteiger partial charge in [-0.15, -0.1) is 0 Å². The molecule has 2 heterocycles. The van der Waals surface area contributed by atoms with Gasteiger partial charge in [0, 0.05) is 18.0 Å². The average molecular weight is 337 g/mol. The normalized spacial score (nSPS) is 20.4. The van der Waals surface area contributed by atoms with Crippen LogP contribution in [0.3, 0.4) is 0 Å². The highest BCUT2D eigenvalue weighted by molar-refractivity contribution is 7.91. The zero-order chi connectivity index (χ0) is 16.3. The number of nitrogens with one attached hydrogen (secondary N) is 1. The molecule has 128 valence electrons. The Hall–Kier alpha value is -1.17. The summed E-state index contributed by atoms with van der Waals surface area (Å²) in [6, 6.07) is 0.433. The summed E-state index contributed by atoms with van der Waals surface area (Å²) < 4.78 is 24.9. The third-order valence-electron chi connectivity index (χ3n) is 4.85. The molecular weight excluding hydrogens is 310 g/mol. The van der Waals surface area contributed by atoms with Gasteiger partial charge in [0.15, 0.2) is 14.9 Å². The predicted molar refractivity (Wildman–Crippen MR) is 91.5 cm³/mol. The summed E-state index contributed by atoms with van der Waals surface area (Å²) >= 11 is 0. The summed E-state index contributed by atoms with van der Waals surface area (Å²) in [5.74, 6) is 1.69. The van der Waals surface area contributed by atoms with Gasteiger partial charge in [-0.05, 0) is 32.1 Å². The lowest BCUT2D eigenvalue weighted by atomic mass is 10.1. The minimum absolute atomic E-state index is 0.217. The molecule has 1 aliphatic heterocycles. The molecule has 0 bridgehead atoms. The summed E-state index contributed by atoms with van der Waals surface area (Å²) in [7, 11) is -3.24. The van der Waals surface area contributed by atoms with E-state index in [1.807, 2.05) is 0 Å². The lowest BCUT2D eigenvalue weighted by Crippen LogP contribution is -2.24. The SMILES string of the molecule is CCCCCc1nc(NC2CCCC2)c2c(n1)S(=O)(=O)CCC2. The number of hydrogen-bond acceptors (Lipinski definition) is 5. The van der Waals surface area contributed by atoms with Crippen molar-refractivity contribution in [3.63, 3.8) is 0 Å². The number of aromatic nitrogens is 2. The Morgan fingerprint density at radius 1 is 1.13 bits per heavy atom. The number of sulfone groups is 1. The standard InChI is InChI=1S/C17H27N3O2S/c1-2-3-4-11-15-19-16(18-13-8-5-6-9-13)14-10-7-12-23(21,22)17(14)20-15/h13H,2-12H2,1H3,(H,18,19,20). The van der Waals surface area contributed by atoms with Crippen LogP contribution >= 0.6 is 0 Å². The zero-order valence-corrected chi connectivity index (χ0v) is 14.8. The number of unbranched alkanes of at least 4 members (excludes halogenated alkanes) is 2. The van der Waals surface area contributed by atoms with Gasteiger partial charge in [-0.3, -0.25) is 0 Å². The first-order chi connectivity index (χ1) is 11.1. The van der Waals surface area contributed by atoms with Crippen molar-refractivity contribution in [2.24, 2.45) is 0 Å². The van der Waals surface area contributed by atoms with Gasteiger partial charge in [-0.2, -0.15) is 0 Å². The highest BCUT2D eigenvalue weighted by atomic mass is 32.2. The van der Waals surface area contributed by atoms with Crippen LogP contribution in [-0.4, -0.2) is 30.2 Å². The van der Waals surface area contributed by atoms with Crippen LogP contribution in [-0.2, 0) is 22.7 Å². The Labute approximate surface area is 139 Å². The molecule has 3 rings (SSSR count). The van der Waals surface area contributed by atoms with E-state index in [1.165, 1.54) is 12.8 Å². The van der Waals surface area contributed by atoms with Crippen molar-refractivity contribution < 1.29 is 8.42 Å². The maximum Gasteiger partial charge on any atom is 0.196 e. The Morgan fingerprint density at radius 3 is 2.65 bits per heavy atom. The molecular formula is C17H27N3O2S. The fourth-order valence-electron chi connectivity index (χ4n) is 3.55. The zero-order valence-electron chi connectivity index (χ0n) is 14.0. The monoisotopic (exact) mass is 337 g/mol. The first-order valence-corrected chi connectivity index (χ1v) is 10.6. The van der Waals surface area contributed by atoms with Gasteiger partial charge in [0.1, 0.15) is 11.6 Å². The Kier molecular flexibility index (Phi) is 5.19. The number of nitrogens with zero attached hydrogens (tertiary/aromatic N) is 2. The van der Waals surface area contributed by atoms with Crippen LogP contribution in [0, 0.1) is 0 Å². The van der Waals surface area contributed by atoms with E-state index in [1.54, 1.807) is 0 Å².